The van der Waals surface area contributed by atoms with Crippen molar-refractivity contribution in [2.75, 3.05) is 6.61 Å². The zero-order valence-electron chi connectivity index (χ0n) is 18.2. The van der Waals surface area contributed by atoms with E-state index in [1.807, 2.05) is 64.1 Å². The molecule has 31 heavy (non-hydrogen) atoms. The maximum absolute atomic E-state index is 12.4. The molecule has 1 aliphatic heterocycles. The summed E-state index contributed by atoms with van der Waals surface area (Å²) in [6, 6.07) is 11.5. The Bertz CT molecular complexity index is 1170. The molecule has 3 aromatic rings. The van der Waals surface area contributed by atoms with Gasteiger partial charge in [-0.2, -0.15) is 0 Å². The summed E-state index contributed by atoms with van der Waals surface area (Å²) >= 11 is 6.91. The number of para-hydroxylation sites is 1. The third kappa shape index (κ3) is 4.12. The molecule has 1 aromatic heterocycles. The van der Waals surface area contributed by atoms with Crippen molar-refractivity contribution in [1.82, 2.24) is 4.98 Å². The standard InChI is InChI=1S/C25H26ClNO4/c1-14-20(23(24(28)29)31-25(2,3)4)21(15-8-5-6-10-18(15)27-14)17-11-12-19-16(22(17)26)9-7-13-30-19/h5-6,8,10-12,23H,7,9,13H2,1-4H3,(H,28,29)/t23-/m0/s1. The lowest BCUT2D eigenvalue weighted by atomic mass is 9.89. The first-order valence-electron chi connectivity index (χ1n) is 10.4. The number of carboxylic acid groups (broad SMARTS) is 1. The lowest BCUT2D eigenvalue weighted by molar-refractivity contribution is -0.160. The Morgan fingerprint density at radius 2 is 1.97 bits per heavy atom. The van der Waals surface area contributed by atoms with E-state index in [4.69, 9.17) is 26.1 Å². The van der Waals surface area contributed by atoms with Gasteiger partial charge in [-0.1, -0.05) is 29.8 Å². The Morgan fingerprint density at radius 1 is 1.23 bits per heavy atom. The summed E-state index contributed by atoms with van der Waals surface area (Å²) < 4.78 is 11.8. The van der Waals surface area contributed by atoms with Gasteiger partial charge in [0.05, 0.1) is 22.7 Å². The highest BCUT2D eigenvalue weighted by atomic mass is 35.5. The van der Waals surface area contributed by atoms with Gasteiger partial charge in [0.2, 0.25) is 0 Å². The van der Waals surface area contributed by atoms with Crippen LogP contribution in [0.15, 0.2) is 36.4 Å². The van der Waals surface area contributed by atoms with Crippen molar-refractivity contribution in [1.29, 1.82) is 0 Å². The van der Waals surface area contributed by atoms with Gasteiger partial charge >= 0.3 is 5.97 Å². The third-order valence-electron chi connectivity index (χ3n) is 5.38. The zero-order chi connectivity index (χ0) is 22.3. The second-order valence-corrected chi connectivity index (χ2v) is 9.19. The Balaban J connectivity index is 2.06. The summed E-state index contributed by atoms with van der Waals surface area (Å²) in [5, 5.41) is 11.5. The molecule has 162 valence electrons. The lowest BCUT2D eigenvalue weighted by Crippen LogP contribution is -2.28. The van der Waals surface area contributed by atoms with Crippen molar-refractivity contribution in [3.8, 4) is 16.9 Å². The average Bonchev–Trinajstić information content (AvgIpc) is 2.71. The van der Waals surface area contributed by atoms with Gasteiger partial charge in [-0.15, -0.1) is 0 Å². The van der Waals surface area contributed by atoms with E-state index < -0.39 is 17.7 Å². The lowest BCUT2D eigenvalue weighted by Gasteiger charge is -2.28. The fourth-order valence-electron chi connectivity index (χ4n) is 4.14. The average molecular weight is 440 g/mol. The first kappa shape index (κ1) is 21.6. The van der Waals surface area contributed by atoms with Crippen LogP contribution >= 0.6 is 11.6 Å². The summed E-state index contributed by atoms with van der Waals surface area (Å²) in [5.41, 5.74) is 3.73. The number of nitrogens with zero attached hydrogens (tertiary/aromatic N) is 1. The summed E-state index contributed by atoms with van der Waals surface area (Å²) in [6.45, 7) is 8.02. The van der Waals surface area contributed by atoms with Gasteiger partial charge in [-0.05, 0) is 58.7 Å². The fraction of sp³-hybridized carbons (Fsp3) is 0.360. The van der Waals surface area contributed by atoms with Gasteiger partial charge < -0.3 is 14.6 Å². The minimum atomic E-state index is -1.18. The van der Waals surface area contributed by atoms with Crippen LogP contribution in [0.2, 0.25) is 5.02 Å². The summed E-state index contributed by atoms with van der Waals surface area (Å²) in [7, 11) is 0. The van der Waals surface area contributed by atoms with Gasteiger partial charge in [0.25, 0.3) is 0 Å². The maximum atomic E-state index is 12.4. The quantitative estimate of drug-likeness (QED) is 0.529. The number of aromatic nitrogens is 1. The second-order valence-electron chi connectivity index (χ2n) is 8.81. The van der Waals surface area contributed by atoms with Crippen molar-refractivity contribution in [3.63, 3.8) is 0 Å². The van der Waals surface area contributed by atoms with Crippen LogP contribution in [0.3, 0.4) is 0 Å². The Morgan fingerprint density at radius 3 is 2.68 bits per heavy atom. The molecule has 0 saturated heterocycles. The number of carbonyl (C=O) groups is 1. The number of hydrogen-bond acceptors (Lipinski definition) is 4. The van der Waals surface area contributed by atoms with Gasteiger partial charge in [0.15, 0.2) is 6.10 Å². The molecule has 4 rings (SSSR count). The molecule has 0 fully saturated rings. The molecule has 2 heterocycles. The van der Waals surface area contributed by atoms with Gasteiger partial charge in [0.1, 0.15) is 5.75 Å². The molecule has 0 bridgehead atoms. The van der Waals surface area contributed by atoms with Crippen LogP contribution in [0.1, 0.15) is 50.1 Å². The Kier molecular flexibility index (Phi) is 5.67. The summed E-state index contributed by atoms with van der Waals surface area (Å²) in [4.78, 5) is 17.1. The molecule has 5 nitrogen and oxygen atoms in total. The molecule has 6 heteroatoms. The number of pyridine rings is 1. The van der Waals surface area contributed by atoms with E-state index in [0.717, 1.165) is 46.2 Å². The van der Waals surface area contributed by atoms with E-state index in [2.05, 4.69) is 0 Å². The molecular weight excluding hydrogens is 414 g/mol. The molecule has 0 radical (unpaired) electrons. The minimum Gasteiger partial charge on any atom is -0.493 e. The van der Waals surface area contributed by atoms with Crippen LogP contribution in [0, 0.1) is 6.92 Å². The molecular formula is C25H26ClNO4. The molecule has 0 saturated carbocycles. The summed E-state index contributed by atoms with van der Waals surface area (Å²) in [5.74, 6) is -0.272. The van der Waals surface area contributed by atoms with Crippen LogP contribution in [-0.4, -0.2) is 28.3 Å². The van der Waals surface area contributed by atoms with E-state index in [1.54, 1.807) is 0 Å². The molecule has 0 amide bonds. The number of aliphatic carboxylic acids is 1. The topological polar surface area (TPSA) is 68.7 Å². The van der Waals surface area contributed by atoms with Crippen molar-refractivity contribution >= 4 is 28.5 Å². The number of aryl methyl sites for hydroxylation is 1. The highest BCUT2D eigenvalue weighted by molar-refractivity contribution is 6.35. The van der Waals surface area contributed by atoms with Crippen LogP contribution in [-0.2, 0) is 16.0 Å². The largest absolute Gasteiger partial charge is 0.493 e. The van der Waals surface area contributed by atoms with Crippen LogP contribution < -0.4 is 4.74 Å². The van der Waals surface area contributed by atoms with Crippen LogP contribution in [0.4, 0.5) is 0 Å². The van der Waals surface area contributed by atoms with E-state index in [1.165, 1.54) is 0 Å². The van der Waals surface area contributed by atoms with Crippen molar-refractivity contribution < 1.29 is 19.4 Å². The minimum absolute atomic E-state index is 0.528. The fourth-order valence-corrected chi connectivity index (χ4v) is 4.49. The summed E-state index contributed by atoms with van der Waals surface area (Å²) in [6.07, 6.45) is 0.528. The number of carboxylic acids is 1. The Hall–Kier alpha value is -2.63. The number of ether oxygens (including phenoxy) is 2. The number of fused-ring (bicyclic) bond motifs is 2. The van der Waals surface area contributed by atoms with Gasteiger partial charge in [-0.3, -0.25) is 4.98 Å². The van der Waals surface area contributed by atoms with Crippen LogP contribution in [0.25, 0.3) is 22.0 Å². The van der Waals surface area contributed by atoms with Gasteiger partial charge in [-0.25, -0.2) is 4.79 Å². The molecule has 0 spiro atoms. The molecule has 1 atom stereocenters. The smallest absolute Gasteiger partial charge is 0.337 e. The first-order valence-corrected chi connectivity index (χ1v) is 10.8. The molecule has 0 aliphatic carbocycles. The number of benzene rings is 2. The predicted octanol–water partition coefficient (Wildman–Crippen LogP) is 6.13. The maximum Gasteiger partial charge on any atom is 0.337 e. The highest BCUT2D eigenvalue weighted by Crippen LogP contribution is 2.45. The normalized spacial score (nSPS) is 14.7. The molecule has 1 N–H and O–H groups in total. The van der Waals surface area contributed by atoms with E-state index in [-0.39, 0.29) is 0 Å². The number of halogens is 1. The zero-order valence-corrected chi connectivity index (χ0v) is 18.9. The predicted molar refractivity (Wildman–Crippen MR) is 122 cm³/mol. The van der Waals surface area contributed by atoms with Crippen molar-refractivity contribution in [3.05, 3.63) is 58.2 Å². The van der Waals surface area contributed by atoms with Gasteiger partial charge in [0, 0.05) is 33.3 Å². The van der Waals surface area contributed by atoms with Crippen LogP contribution in [0.5, 0.6) is 5.75 Å². The number of hydrogen-bond donors (Lipinski definition) is 1. The molecule has 1 aliphatic rings. The first-order chi connectivity index (χ1) is 14.7. The molecule has 0 unspecified atom stereocenters. The van der Waals surface area contributed by atoms with E-state index in [9.17, 15) is 9.90 Å². The highest BCUT2D eigenvalue weighted by Gasteiger charge is 2.33. The monoisotopic (exact) mass is 439 g/mol. The van der Waals surface area contributed by atoms with E-state index >= 15 is 0 Å². The third-order valence-corrected chi connectivity index (χ3v) is 5.81. The number of rotatable bonds is 4. The SMILES string of the molecule is Cc1nc2ccccc2c(-c2ccc3c(c2Cl)CCCO3)c1[C@H](OC(C)(C)C)C(=O)O. The Labute approximate surface area is 187 Å². The van der Waals surface area contributed by atoms with Crippen molar-refractivity contribution in [2.45, 2.75) is 52.2 Å². The van der Waals surface area contributed by atoms with Crippen molar-refractivity contribution in [2.24, 2.45) is 0 Å². The second kappa shape index (κ2) is 8.13. The van der Waals surface area contributed by atoms with E-state index in [0.29, 0.717) is 22.9 Å². The molecule has 2 aromatic carbocycles.